The first-order valence-electron chi connectivity index (χ1n) is 6.39. The van der Waals surface area contributed by atoms with Crippen molar-refractivity contribution in [3.05, 3.63) is 59.9 Å². The molecule has 1 heterocycles. The number of rotatable bonds is 6. The molecule has 0 aliphatic carbocycles. The Morgan fingerprint density at radius 1 is 1.17 bits per heavy atom. The molecule has 18 heavy (non-hydrogen) atoms. The van der Waals surface area contributed by atoms with Crippen molar-refractivity contribution in [2.24, 2.45) is 5.73 Å². The number of nitrogens with zero attached hydrogens (tertiary/aromatic N) is 1. The summed E-state index contributed by atoms with van der Waals surface area (Å²) < 4.78 is 0. The maximum Gasteiger partial charge on any atom is 0.0510 e. The van der Waals surface area contributed by atoms with Crippen molar-refractivity contribution in [3.8, 4) is 0 Å². The fourth-order valence-corrected chi connectivity index (χ4v) is 2.30. The van der Waals surface area contributed by atoms with Gasteiger partial charge in [-0.3, -0.25) is 4.90 Å². The third-order valence-corrected chi connectivity index (χ3v) is 3.23. The minimum atomic E-state index is 0.352. The number of nitrogens with one attached hydrogen (secondary N) is 1. The van der Waals surface area contributed by atoms with Crippen LogP contribution in [0.2, 0.25) is 0 Å². The van der Waals surface area contributed by atoms with Crippen LogP contribution in [0.1, 0.15) is 23.7 Å². The van der Waals surface area contributed by atoms with Crippen molar-refractivity contribution in [1.82, 2.24) is 9.88 Å². The number of aromatic nitrogens is 1. The second-order valence-electron chi connectivity index (χ2n) is 4.62. The van der Waals surface area contributed by atoms with Crippen LogP contribution in [0.3, 0.4) is 0 Å². The minimum Gasteiger partial charge on any atom is -0.364 e. The maximum atomic E-state index is 5.73. The SMILES string of the molecule is CN(Cc1ccccc1)C(CCN)c1ccc[nH]1. The van der Waals surface area contributed by atoms with E-state index in [1.54, 1.807) is 0 Å². The van der Waals surface area contributed by atoms with E-state index in [2.05, 4.69) is 47.3 Å². The second kappa shape index (κ2) is 6.38. The molecule has 3 nitrogen and oxygen atoms in total. The zero-order chi connectivity index (χ0) is 12.8. The Bertz CT molecular complexity index is 436. The van der Waals surface area contributed by atoms with E-state index >= 15 is 0 Å². The molecular formula is C15H21N3. The first-order chi connectivity index (χ1) is 8.81. The van der Waals surface area contributed by atoms with Crippen LogP contribution in [0, 0.1) is 0 Å². The summed E-state index contributed by atoms with van der Waals surface area (Å²) in [7, 11) is 2.15. The molecule has 0 amide bonds. The average Bonchev–Trinajstić information content (AvgIpc) is 2.90. The molecule has 2 aromatic rings. The molecule has 0 saturated carbocycles. The Kier molecular flexibility index (Phi) is 4.56. The Labute approximate surface area is 109 Å². The highest BCUT2D eigenvalue weighted by Crippen LogP contribution is 2.22. The van der Waals surface area contributed by atoms with Crippen molar-refractivity contribution in [1.29, 1.82) is 0 Å². The van der Waals surface area contributed by atoms with Gasteiger partial charge in [0.25, 0.3) is 0 Å². The summed E-state index contributed by atoms with van der Waals surface area (Å²) in [5, 5.41) is 0. The third-order valence-electron chi connectivity index (χ3n) is 3.23. The van der Waals surface area contributed by atoms with Gasteiger partial charge in [-0.1, -0.05) is 30.3 Å². The average molecular weight is 243 g/mol. The van der Waals surface area contributed by atoms with Crippen molar-refractivity contribution in [2.45, 2.75) is 19.0 Å². The van der Waals surface area contributed by atoms with Crippen LogP contribution in [0.25, 0.3) is 0 Å². The molecular weight excluding hydrogens is 222 g/mol. The first-order valence-corrected chi connectivity index (χ1v) is 6.39. The van der Waals surface area contributed by atoms with Crippen molar-refractivity contribution >= 4 is 0 Å². The lowest BCUT2D eigenvalue weighted by Gasteiger charge is -2.27. The predicted molar refractivity (Wildman–Crippen MR) is 75.1 cm³/mol. The molecule has 3 heteroatoms. The molecule has 0 spiro atoms. The van der Waals surface area contributed by atoms with E-state index < -0.39 is 0 Å². The zero-order valence-corrected chi connectivity index (χ0v) is 10.8. The van der Waals surface area contributed by atoms with Gasteiger partial charge in [-0.05, 0) is 37.7 Å². The number of aromatic amines is 1. The fourth-order valence-electron chi connectivity index (χ4n) is 2.30. The van der Waals surface area contributed by atoms with Crippen LogP contribution >= 0.6 is 0 Å². The van der Waals surface area contributed by atoms with Gasteiger partial charge in [-0.15, -0.1) is 0 Å². The monoisotopic (exact) mass is 243 g/mol. The number of H-pyrrole nitrogens is 1. The Balaban J connectivity index is 2.07. The minimum absolute atomic E-state index is 0.352. The molecule has 1 unspecified atom stereocenters. The zero-order valence-electron chi connectivity index (χ0n) is 10.8. The Hall–Kier alpha value is -1.58. The van der Waals surface area contributed by atoms with E-state index in [1.807, 2.05) is 18.3 Å². The molecule has 0 radical (unpaired) electrons. The van der Waals surface area contributed by atoms with Gasteiger partial charge in [-0.25, -0.2) is 0 Å². The summed E-state index contributed by atoms with van der Waals surface area (Å²) in [5.41, 5.74) is 8.29. The van der Waals surface area contributed by atoms with Crippen LogP contribution in [-0.4, -0.2) is 23.5 Å². The van der Waals surface area contributed by atoms with Crippen LogP contribution in [0.5, 0.6) is 0 Å². The fraction of sp³-hybridized carbons (Fsp3) is 0.333. The molecule has 1 aromatic heterocycles. The lowest BCUT2D eigenvalue weighted by atomic mass is 10.1. The van der Waals surface area contributed by atoms with Crippen molar-refractivity contribution in [3.63, 3.8) is 0 Å². The second-order valence-corrected chi connectivity index (χ2v) is 4.62. The standard InChI is InChI=1S/C15H21N3/c1-18(12-13-6-3-2-4-7-13)15(9-10-16)14-8-5-11-17-14/h2-8,11,15,17H,9-10,12,16H2,1H3. The normalized spacial score (nSPS) is 12.8. The van der Waals surface area contributed by atoms with Crippen molar-refractivity contribution < 1.29 is 0 Å². The van der Waals surface area contributed by atoms with Crippen LogP contribution < -0.4 is 5.73 Å². The van der Waals surface area contributed by atoms with Crippen LogP contribution in [-0.2, 0) is 6.54 Å². The number of hydrogen-bond acceptors (Lipinski definition) is 2. The molecule has 2 rings (SSSR count). The summed E-state index contributed by atoms with van der Waals surface area (Å²) in [6, 6.07) is 15.0. The smallest absolute Gasteiger partial charge is 0.0510 e. The van der Waals surface area contributed by atoms with Crippen LogP contribution in [0.4, 0.5) is 0 Å². The molecule has 1 atom stereocenters. The lowest BCUT2D eigenvalue weighted by molar-refractivity contribution is 0.223. The Morgan fingerprint density at radius 2 is 1.94 bits per heavy atom. The number of nitrogens with two attached hydrogens (primary N) is 1. The summed E-state index contributed by atoms with van der Waals surface area (Å²) in [5.74, 6) is 0. The predicted octanol–water partition coefficient (Wildman–Crippen LogP) is 2.54. The largest absolute Gasteiger partial charge is 0.364 e. The molecule has 0 aliphatic rings. The van der Waals surface area contributed by atoms with E-state index in [0.29, 0.717) is 12.6 Å². The molecule has 96 valence electrons. The van der Waals surface area contributed by atoms with E-state index in [1.165, 1.54) is 11.3 Å². The maximum absolute atomic E-state index is 5.73. The lowest BCUT2D eigenvalue weighted by Crippen LogP contribution is -2.26. The van der Waals surface area contributed by atoms with Gasteiger partial charge in [0.2, 0.25) is 0 Å². The van der Waals surface area contributed by atoms with Crippen LogP contribution in [0.15, 0.2) is 48.7 Å². The third kappa shape index (κ3) is 3.22. The molecule has 0 fully saturated rings. The van der Waals surface area contributed by atoms with E-state index in [-0.39, 0.29) is 0 Å². The molecule has 0 bridgehead atoms. The Morgan fingerprint density at radius 3 is 2.56 bits per heavy atom. The van der Waals surface area contributed by atoms with E-state index in [4.69, 9.17) is 5.73 Å². The highest BCUT2D eigenvalue weighted by molar-refractivity contribution is 5.16. The van der Waals surface area contributed by atoms with E-state index in [9.17, 15) is 0 Å². The molecule has 0 saturated heterocycles. The van der Waals surface area contributed by atoms with Gasteiger partial charge >= 0.3 is 0 Å². The highest BCUT2D eigenvalue weighted by Gasteiger charge is 2.16. The molecule has 0 aliphatic heterocycles. The summed E-state index contributed by atoms with van der Waals surface area (Å²) >= 11 is 0. The molecule has 1 aromatic carbocycles. The summed E-state index contributed by atoms with van der Waals surface area (Å²) in [4.78, 5) is 5.63. The highest BCUT2D eigenvalue weighted by atomic mass is 15.1. The summed E-state index contributed by atoms with van der Waals surface area (Å²) in [6.07, 6.45) is 2.93. The van der Waals surface area contributed by atoms with Gasteiger partial charge in [0.1, 0.15) is 0 Å². The van der Waals surface area contributed by atoms with Crippen molar-refractivity contribution in [2.75, 3.05) is 13.6 Å². The first kappa shape index (κ1) is 12.9. The van der Waals surface area contributed by atoms with Gasteiger partial charge in [0.15, 0.2) is 0 Å². The van der Waals surface area contributed by atoms with Gasteiger partial charge < -0.3 is 10.7 Å². The molecule has 3 N–H and O–H groups in total. The van der Waals surface area contributed by atoms with Gasteiger partial charge in [0.05, 0.1) is 6.04 Å². The quantitative estimate of drug-likeness (QED) is 0.819. The van der Waals surface area contributed by atoms with Gasteiger partial charge in [0, 0.05) is 18.4 Å². The van der Waals surface area contributed by atoms with E-state index in [0.717, 1.165) is 13.0 Å². The van der Waals surface area contributed by atoms with Gasteiger partial charge in [-0.2, -0.15) is 0 Å². The summed E-state index contributed by atoms with van der Waals surface area (Å²) in [6.45, 7) is 1.63. The topological polar surface area (TPSA) is 45.0 Å². The number of hydrogen-bond donors (Lipinski definition) is 2. The number of benzene rings is 1.